The molecule has 2 aliphatic heterocycles. The maximum Gasteiger partial charge on any atom is 0.289 e. The van der Waals surface area contributed by atoms with E-state index < -0.39 is 0 Å². The van der Waals surface area contributed by atoms with Gasteiger partial charge in [0.15, 0.2) is 5.82 Å². The van der Waals surface area contributed by atoms with Crippen LogP contribution in [0.3, 0.4) is 0 Å². The predicted molar refractivity (Wildman–Crippen MR) is 101 cm³/mol. The molecule has 0 aliphatic carbocycles. The number of likely N-dealkylation sites (tertiary alicyclic amines) is 1. The van der Waals surface area contributed by atoms with Gasteiger partial charge in [-0.3, -0.25) is 9.59 Å². The number of hydrogen-bond acceptors (Lipinski definition) is 3. The van der Waals surface area contributed by atoms with E-state index in [1.807, 2.05) is 9.47 Å². The van der Waals surface area contributed by atoms with Crippen LogP contribution in [-0.4, -0.2) is 45.9 Å². The molecule has 26 heavy (non-hydrogen) atoms. The number of hydrogen-bond donors (Lipinski definition) is 1. The molecule has 1 aromatic rings. The van der Waals surface area contributed by atoms with E-state index in [9.17, 15) is 9.59 Å². The Kier molecular flexibility index (Phi) is 6.69. The van der Waals surface area contributed by atoms with Gasteiger partial charge in [-0.05, 0) is 38.5 Å². The summed E-state index contributed by atoms with van der Waals surface area (Å²) in [5.74, 6) is 0.349. The zero-order valence-electron chi connectivity index (χ0n) is 16.1. The van der Waals surface area contributed by atoms with E-state index in [1.165, 1.54) is 12.8 Å². The zero-order valence-corrected chi connectivity index (χ0v) is 16.1. The summed E-state index contributed by atoms with van der Waals surface area (Å²) < 4.78 is 2.01. The van der Waals surface area contributed by atoms with Crippen LogP contribution >= 0.6 is 0 Å². The van der Waals surface area contributed by atoms with Crippen molar-refractivity contribution in [3.8, 4) is 0 Å². The summed E-state index contributed by atoms with van der Waals surface area (Å²) >= 11 is 0. The molecule has 0 radical (unpaired) electrons. The number of nitrogens with one attached hydrogen (secondary N) is 1. The number of unbranched alkanes of at least 4 members (excludes halogenated alkanes) is 2. The lowest BCUT2D eigenvalue weighted by Crippen LogP contribution is -2.34. The van der Waals surface area contributed by atoms with Gasteiger partial charge in [0.2, 0.25) is 0 Å². The van der Waals surface area contributed by atoms with Crippen LogP contribution in [-0.2, 0) is 13.0 Å². The molecule has 0 atom stereocenters. The second kappa shape index (κ2) is 9.19. The molecular formula is C20H32N4O2. The van der Waals surface area contributed by atoms with Crippen LogP contribution in [0.15, 0.2) is 0 Å². The first-order valence-corrected chi connectivity index (χ1v) is 10.4. The SMILES string of the molecule is CCCCCNC(=O)c1nc(C(=O)N2CCCCCC2)n2c1CCCC2. The van der Waals surface area contributed by atoms with Crippen molar-refractivity contribution in [3.05, 3.63) is 17.2 Å². The van der Waals surface area contributed by atoms with Crippen molar-refractivity contribution in [1.29, 1.82) is 0 Å². The third-order valence-corrected chi connectivity index (χ3v) is 5.48. The summed E-state index contributed by atoms with van der Waals surface area (Å²) in [6.07, 6.45) is 10.7. The summed E-state index contributed by atoms with van der Waals surface area (Å²) in [5, 5.41) is 2.99. The topological polar surface area (TPSA) is 67.2 Å². The summed E-state index contributed by atoms with van der Waals surface area (Å²) in [4.78, 5) is 32.2. The van der Waals surface area contributed by atoms with E-state index in [2.05, 4.69) is 17.2 Å². The van der Waals surface area contributed by atoms with Crippen molar-refractivity contribution in [1.82, 2.24) is 19.8 Å². The van der Waals surface area contributed by atoms with Gasteiger partial charge in [0, 0.05) is 26.2 Å². The summed E-state index contributed by atoms with van der Waals surface area (Å²) in [5.41, 5.74) is 1.42. The molecule has 6 heteroatoms. The maximum atomic E-state index is 13.1. The highest BCUT2D eigenvalue weighted by Gasteiger charge is 2.29. The standard InChI is InChI=1S/C20H32N4O2/c1-2-3-7-12-21-19(25)17-16-11-6-10-15-24(16)18(22-17)20(26)23-13-8-4-5-9-14-23/h2-15H2,1H3,(H,21,25). The number of imidazole rings is 1. The Labute approximate surface area is 156 Å². The van der Waals surface area contributed by atoms with E-state index in [-0.39, 0.29) is 11.8 Å². The van der Waals surface area contributed by atoms with Gasteiger partial charge in [-0.2, -0.15) is 0 Å². The molecule has 1 fully saturated rings. The summed E-state index contributed by atoms with van der Waals surface area (Å²) in [6, 6.07) is 0. The Morgan fingerprint density at radius 3 is 2.46 bits per heavy atom. The monoisotopic (exact) mass is 360 g/mol. The van der Waals surface area contributed by atoms with Crippen LogP contribution in [0.4, 0.5) is 0 Å². The molecule has 1 aromatic heterocycles. The Morgan fingerprint density at radius 2 is 1.73 bits per heavy atom. The quantitative estimate of drug-likeness (QED) is 0.793. The van der Waals surface area contributed by atoms with Crippen molar-refractivity contribution in [2.75, 3.05) is 19.6 Å². The number of rotatable bonds is 6. The molecule has 6 nitrogen and oxygen atoms in total. The number of aromatic nitrogens is 2. The Balaban J connectivity index is 1.78. The van der Waals surface area contributed by atoms with Crippen LogP contribution in [0.1, 0.15) is 91.5 Å². The first kappa shape index (κ1) is 18.9. The van der Waals surface area contributed by atoms with E-state index in [0.717, 1.165) is 76.7 Å². The molecule has 2 amide bonds. The number of carbonyl (C=O) groups excluding carboxylic acids is 2. The van der Waals surface area contributed by atoms with Gasteiger partial charge >= 0.3 is 0 Å². The lowest BCUT2D eigenvalue weighted by molar-refractivity contribution is 0.0743. The van der Waals surface area contributed by atoms with Crippen LogP contribution < -0.4 is 5.32 Å². The lowest BCUT2D eigenvalue weighted by atomic mass is 10.1. The highest BCUT2D eigenvalue weighted by Crippen LogP contribution is 2.23. The molecule has 0 bridgehead atoms. The van der Waals surface area contributed by atoms with Gasteiger partial charge in [-0.25, -0.2) is 4.98 Å². The van der Waals surface area contributed by atoms with Gasteiger partial charge < -0.3 is 14.8 Å². The fraction of sp³-hybridized carbons (Fsp3) is 0.750. The van der Waals surface area contributed by atoms with Gasteiger partial charge in [-0.15, -0.1) is 0 Å². The molecule has 3 rings (SSSR count). The third kappa shape index (κ3) is 4.27. The first-order chi connectivity index (χ1) is 12.7. The van der Waals surface area contributed by atoms with Crippen LogP contribution in [0.25, 0.3) is 0 Å². The minimum atomic E-state index is -0.123. The fourth-order valence-corrected chi connectivity index (χ4v) is 3.96. The molecule has 1 saturated heterocycles. The molecule has 0 aromatic carbocycles. The molecule has 0 spiro atoms. The van der Waals surface area contributed by atoms with Gasteiger partial charge in [0.1, 0.15) is 5.69 Å². The van der Waals surface area contributed by atoms with E-state index >= 15 is 0 Å². The minimum absolute atomic E-state index is 0.0000768. The van der Waals surface area contributed by atoms with Crippen molar-refractivity contribution in [3.63, 3.8) is 0 Å². The van der Waals surface area contributed by atoms with E-state index in [0.29, 0.717) is 18.1 Å². The lowest BCUT2D eigenvalue weighted by Gasteiger charge is -2.22. The van der Waals surface area contributed by atoms with Crippen LogP contribution in [0.5, 0.6) is 0 Å². The van der Waals surface area contributed by atoms with E-state index in [4.69, 9.17) is 0 Å². The molecule has 0 unspecified atom stereocenters. The van der Waals surface area contributed by atoms with Gasteiger partial charge in [-0.1, -0.05) is 32.6 Å². The summed E-state index contributed by atoms with van der Waals surface area (Å²) in [7, 11) is 0. The molecule has 0 saturated carbocycles. The Morgan fingerprint density at radius 1 is 1.00 bits per heavy atom. The molecule has 1 N–H and O–H groups in total. The van der Waals surface area contributed by atoms with Crippen LogP contribution in [0.2, 0.25) is 0 Å². The maximum absolute atomic E-state index is 13.1. The fourth-order valence-electron chi connectivity index (χ4n) is 3.96. The largest absolute Gasteiger partial charge is 0.351 e. The first-order valence-electron chi connectivity index (χ1n) is 10.4. The highest BCUT2D eigenvalue weighted by atomic mass is 16.2. The average molecular weight is 361 g/mol. The van der Waals surface area contributed by atoms with Crippen molar-refractivity contribution in [2.24, 2.45) is 0 Å². The minimum Gasteiger partial charge on any atom is -0.351 e. The zero-order chi connectivity index (χ0) is 18.4. The second-order valence-electron chi connectivity index (χ2n) is 7.51. The number of nitrogens with zero attached hydrogens (tertiary/aromatic N) is 3. The Hall–Kier alpha value is -1.85. The normalized spacial score (nSPS) is 17.5. The Bertz CT molecular complexity index is 630. The number of fused-ring (bicyclic) bond motifs is 1. The molecule has 3 heterocycles. The predicted octanol–water partition coefficient (Wildman–Crippen LogP) is 3.16. The number of amides is 2. The highest BCUT2D eigenvalue weighted by molar-refractivity contribution is 5.97. The van der Waals surface area contributed by atoms with Crippen LogP contribution in [0, 0.1) is 0 Å². The molecular weight excluding hydrogens is 328 g/mol. The molecule has 2 aliphatic rings. The summed E-state index contributed by atoms with van der Waals surface area (Å²) in [6.45, 7) is 5.22. The second-order valence-corrected chi connectivity index (χ2v) is 7.51. The van der Waals surface area contributed by atoms with Crippen molar-refractivity contribution < 1.29 is 9.59 Å². The smallest absolute Gasteiger partial charge is 0.289 e. The van der Waals surface area contributed by atoms with E-state index in [1.54, 1.807) is 0 Å². The van der Waals surface area contributed by atoms with Gasteiger partial charge in [0.05, 0.1) is 5.69 Å². The van der Waals surface area contributed by atoms with Crippen molar-refractivity contribution in [2.45, 2.75) is 77.7 Å². The average Bonchev–Trinajstić information content (AvgIpc) is 2.84. The third-order valence-electron chi connectivity index (χ3n) is 5.48. The van der Waals surface area contributed by atoms with Gasteiger partial charge in [0.25, 0.3) is 11.8 Å². The number of carbonyl (C=O) groups is 2. The van der Waals surface area contributed by atoms with Crippen molar-refractivity contribution >= 4 is 11.8 Å². The molecule has 144 valence electrons.